The second-order valence-corrected chi connectivity index (χ2v) is 7.40. The van der Waals surface area contributed by atoms with Gasteiger partial charge in [0.25, 0.3) is 5.92 Å². The van der Waals surface area contributed by atoms with E-state index >= 15 is 0 Å². The highest BCUT2D eigenvalue weighted by Gasteiger charge is 2.57. The van der Waals surface area contributed by atoms with Gasteiger partial charge in [-0.3, -0.25) is 9.69 Å². The summed E-state index contributed by atoms with van der Waals surface area (Å²) in [5, 5.41) is 6.80. The molecular weight excluding hydrogens is 320 g/mol. The van der Waals surface area contributed by atoms with Crippen molar-refractivity contribution in [3.8, 4) is 0 Å². The van der Waals surface area contributed by atoms with E-state index in [4.69, 9.17) is 9.26 Å². The van der Waals surface area contributed by atoms with Crippen LogP contribution in [0.4, 0.5) is 8.78 Å². The second-order valence-electron chi connectivity index (χ2n) is 7.40. The lowest BCUT2D eigenvalue weighted by Crippen LogP contribution is -2.56. The summed E-state index contributed by atoms with van der Waals surface area (Å²) in [7, 11) is 0. The molecule has 3 aliphatic rings. The van der Waals surface area contributed by atoms with Crippen LogP contribution >= 0.6 is 0 Å². The van der Waals surface area contributed by atoms with Crippen LogP contribution in [0.15, 0.2) is 10.6 Å². The molecule has 1 aromatic rings. The molecule has 0 bridgehead atoms. The van der Waals surface area contributed by atoms with Crippen LogP contribution in [-0.4, -0.2) is 54.2 Å². The smallest absolute Gasteiger partial charge is 0.252 e. The second kappa shape index (κ2) is 5.49. The molecule has 0 radical (unpaired) electrons. The average molecular weight is 341 g/mol. The monoisotopic (exact) mass is 341 g/mol. The number of amides is 1. The fourth-order valence-corrected chi connectivity index (χ4v) is 4.10. The molecule has 1 amide bonds. The molecular formula is C16H21F2N3O3. The minimum atomic E-state index is -2.63. The van der Waals surface area contributed by atoms with E-state index in [2.05, 4.69) is 15.4 Å². The van der Waals surface area contributed by atoms with E-state index < -0.39 is 17.4 Å². The van der Waals surface area contributed by atoms with Crippen molar-refractivity contribution in [2.75, 3.05) is 26.3 Å². The van der Waals surface area contributed by atoms with Gasteiger partial charge in [-0.2, -0.15) is 0 Å². The molecule has 0 aromatic carbocycles. The van der Waals surface area contributed by atoms with E-state index in [0.29, 0.717) is 26.3 Å². The molecule has 1 aliphatic carbocycles. The predicted octanol–water partition coefficient (Wildman–Crippen LogP) is 1.35. The van der Waals surface area contributed by atoms with Gasteiger partial charge in [0.1, 0.15) is 5.76 Å². The summed E-state index contributed by atoms with van der Waals surface area (Å²) >= 11 is 0. The third-order valence-corrected chi connectivity index (χ3v) is 5.38. The Morgan fingerprint density at radius 2 is 2.29 bits per heavy atom. The Bertz CT molecular complexity index is 642. The molecule has 0 spiro atoms. The number of nitrogens with one attached hydrogen (secondary N) is 1. The van der Waals surface area contributed by atoms with E-state index in [1.54, 1.807) is 0 Å². The quantitative estimate of drug-likeness (QED) is 0.895. The molecule has 3 heterocycles. The third kappa shape index (κ3) is 2.71. The first-order chi connectivity index (χ1) is 11.4. The van der Waals surface area contributed by atoms with Crippen molar-refractivity contribution in [1.29, 1.82) is 0 Å². The number of aryl methyl sites for hydroxylation is 1. The first-order valence-electron chi connectivity index (χ1n) is 8.27. The minimum absolute atomic E-state index is 0.0890. The number of fused-ring (bicyclic) bond motifs is 1. The van der Waals surface area contributed by atoms with Crippen molar-refractivity contribution in [2.45, 2.75) is 38.3 Å². The lowest BCUT2D eigenvalue weighted by atomic mass is 9.79. The van der Waals surface area contributed by atoms with Crippen LogP contribution in [0.3, 0.4) is 0 Å². The van der Waals surface area contributed by atoms with Gasteiger partial charge in [0.05, 0.1) is 24.3 Å². The molecule has 24 heavy (non-hydrogen) atoms. The van der Waals surface area contributed by atoms with E-state index in [1.165, 1.54) is 0 Å². The van der Waals surface area contributed by atoms with Crippen molar-refractivity contribution in [3.63, 3.8) is 0 Å². The Morgan fingerprint density at radius 1 is 1.50 bits per heavy atom. The van der Waals surface area contributed by atoms with Crippen LogP contribution in [-0.2, 0) is 16.1 Å². The van der Waals surface area contributed by atoms with Crippen LogP contribution in [0.2, 0.25) is 0 Å². The summed E-state index contributed by atoms with van der Waals surface area (Å²) in [4.78, 5) is 14.9. The molecule has 3 fully saturated rings. The molecule has 2 atom stereocenters. The van der Waals surface area contributed by atoms with Gasteiger partial charge >= 0.3 is 0 Å². The van der Waals surface area contributed by atoms with Gasteiger partial charge in [0.15, 0.2) is 0 Å². The zero-order chi connectivity index (χ0) is 16.9. The van der Waals surface area contributed by atoms with Crippen LogP contribution in [0.5, 0.6) is 0 Å². The van der Waals surface area contributed by atoms with E-state index in [1.807, 2.05) is 13.0 Å². The number of carbonyl (C=O) groups excluding carboxylic acids is 1. The summed E-state index contributed by atoms with van der Waals surface area (Å²) in [6.07, 6.45) is -0.523. The molecule has 1 N–H and O–H groups in total. The molecule has 8 heteroatoms. The fourth-order valence-electron chi connectivity index (χ4n) is 4.10. The normalized spacial score (nSPS) is 32.5. The third-order valence-electron chi connectivity index (χ3n) is 5.38. The number of halogens is 2. The van der Waals surface area contributed by atoms with Gasteiger partial charge in [-0.05, 0) is 6.92 Å². The molecule has 6 nitrogen and oxygen atoms in total. The average Bonchev–Trinajstić information content (AvgIpc) is 3.11. The standard InChI is InChI=1S/C16H21F2N3O3/c1-10-2-12(20-24-10)6-21-5-11-7-23-9-15(11,8-21)14(22)19-13-3-16(17,18)4-13/h2,11,13H,3-9H2,1H3,(H,19,22)/t11-,15-/m1/s1. The highest BCUT2D eigenvalue weighted by Crippen LogP contribution is 2.43. The number of alkyl halides is 2. The zero-order valence-electron chi connectivity index (χ0n) is 13.6. The van der Waals surface area contributed by atoms with Gasteiger partial charge in [-0.15, -0.1) is 0 Å². The van der Waals surface area contributed by atoms with Crippen LogP contribution in [0, 0.1) is 18.3 Å². The highest BCUT2D eigenvalue weighted by atomic mass is 19.3. The van der Waals surface area contributed by atoms with E-state index in [9.17, 15) is 13.6 Å². The molecule has 2 saturated heterocycles. The SMILES string of the molecule is Cc1cc(CN2C[C@@H]3COC[C@]3(C(=O)NC3CC(F)(F)C3)C2)no1. The van der Waals surface area contributed by atoms with Gasteiger partial charge in [0, 0.05) is 50.5 Å². The van der Waals surface area contributed by atoms with Gasteiger partial charge < -0.3 is 14.6 Å². The van der Waals surface area contributed by atoms with Crippen LogP contribution in [0.1, 0.15) is 24.3 Å². The molecule has 1 aromatic heterocycles. The van der Waals surface area contributed by atoms with Gasteiger partial charge in [0.2, 0.25) is 5.91 Å². The fraction of sp³-hybridized carbons (Fsp3) is 0.750. The first-order valence-corrected chi connectivity index (χ1v) is 8.27. The number of carbonyl (C=O) groups is 1. The Balaban J connectivity index is 1.41. The Labute approximate surface area is 138 Å². The number of nitrogens with zero attached hydrogens (tertiary/aromatic N) is 2. The predicted molar refractivity (Wildman–Crippen MR) is 79.4 cm³/mol. The number of likely N-dealkylation sites (tertiary alicyclic amines) is 1. The maximum Gasteiger partial charge on any atom is 0.252 e. The van der Waals surface area contributed by atoms with Crippen LogP contribution in [0.25, 0.3) is 0 Å². The zero-order valence-corrected chi connectivity index (χ0v) is 13.6. The maximum atomic E-state index is 13.0. The van der Waals surface area contributed by atoms with E-state index in [0.717, 1.165) is 18.0 Å². The number of rotatable bonds is 4. The van der Waals surface area contributed by atoms with E-state index in [-0.39, 0.29) is 24.7 Å². The van der Waals surface area contributed by atoms with Crippen molar-refractivity contribution in [1.82, 2.24) is 15.4 Å². The highest BCUT2D eigenvalue weighted by molar-refractivity contribution is 5.84. The summed E-state index contributed by atoms with van der Waals surface area (Å²) in [6.45, 7) is 4.62. The topological polar surface area (TPSA) is 67.6 Å². The van der Waals surface area contributed by atoms with Crippen molar-refractivity contribution < 1.29 is 22.8 Å². The number of aromatic nitrogens is 1. The number of hydrogen-bond acceptors (Lipinski definition) is 5. The van der Waals surface area contributed by atoms with Gasteiger partial charge in [-0.25, -0.2) is 8.78 Å². The summed E-state index contributed by atoms with van der Waals surface area (Å²) in [6, 6.07) is 1.46. The molecule has 4 rings (SSSR count). The number of ether oxygens (including phenoxy) is 1. The van der Waals surface area contributed by atoms with Crippen molar-refractivity contribution in [3.05, 3.63) is 17.5 Å². The molecule has 1 saturated carbocycles. The number of hydrogen-bond donors (Lipinski definition) is 1. The lowest BCUT2D eigenvalue weighted by Gasteiger charge is -2.37. The summed E-state index contributed by atoms with van der Waals surface area (Å²) in [5.74, 6) is -1.94. The maximum absolute atomic E-state index is 13.0. The van der Waals surface area contributed by atoms with Gasteiger partial charge in [-0.1, -0.05) is 5.16 Å². The molecule has 2 aliphatic heterocycles. The Morgan fingerprint density at radius 3 is 2.96 bits per heavy atom. The summed E-state index contributed by atoms with van der Waals surface area (Å²) in [5.41, 5.74) is 0.200. The van der Waals surface area contributed by atoms with Crippen LogP contribution < -0.4 is 5.32 Å². The molecule has 0 unspecified atom stereocenters. The first kappa shape index (κ1) is 16.0. The summed E-state index contributed by atoms with van der Waals surface area (Å²) < 4.78 is 36.6. The Kier molecular flexibility index (Phi) is 3.65. The largest absolute Gasteiger partial charge is 0.380 e. The lowest BCUT2D eigenvalue weighted by molar-refractivity contribution is -0.139. The Hall–Kier alpha value is -1.54. The van der Waals surface area contributed by atoms with Crippen molar-refractivity contribution >= 4 is 5.91 Å². The minimum Gasteiger partial charge on any atom is -0.380 e. The molecule has 132 valence electrons. The van der Waals surface area contributed by atoms with Crippen molar-refractivity contribution in [2.24, 2.45) is 11.3 Å².